The smallest absolute Gasteiger partial charge is 0.412 e. The first-order valence-electron chi connectivity index (χ1n) is 13.4. The van der Waals surface area contributed by atoms with Crippen LogP contribution in [0.2, 0.25) is 5.04 Å². The summed E-state index contributed by atoms with van der Waals surface area (Å²) in [6, 6.07) is 21.2. The van der Waals surface area contributed by atoms with E-state index in [1.54, 1.807) is 7.11 Å². The van der Waals surface area contributed by atoms with Gasteiger partial charge in [0.25, 0.3) is 8.32 Å². The summed E-state index contributed by atoms with van der Waals surface area (Å²) < 4.78 is 19.2. The molecule has 37 heavy (non-hydrogen) atoms. The highest BCUT2D eigenvalue weighted by atomic mass is 28.4. The molecule has 4 rings (SSSR count). The number of nitrogens with zero attached hydrogens (tertiary/aromatic N) is 2. The molecule has 0 bridgehead atoms. The average molecular weight is 525 g/mol. The van der Waals surface area contributed by atoms with Crippen molar-refractivity contribution in [3.8, 4) is 0 Å². The summed E-state index contributed by atoms with van der Waals surface area (Å²) in [5.74, 6) is 0.468. The molecule has 3 unspecified atom stereocenters. The second-order valence-corrected chi connectivity index (χ2v) is 16.9. The summed E-state index contributed by atoms with van der Waals surface area (Å²) in [4.78, 5) is 17.8. The van der Waals surface area contributed by atoms with Gasteiger partial charge in [-0.15, -0.1) is 0 Å². The third-order valence-electron chi connectivity index (χ3n) is 7.82. The van der Waals surface area contributed by atoms with Gasteiger partial charge in [-0.05, 0) is 43.2 Å². The average Bonchev–Trinajstić information content (AvgIpc) is 3.33. The van der Waals surface area contributed by atoms with Crippen molar-refractivity contribution in [2.75, 3.05) is 33.9 Å². The maximum absolute atomic E-state index is 13.6. The molecule has 2 aromatic carbocycles. The van der Waals surface area contributed by atoms with E-state index in [2.05, 4.69) is 93.4 Å². The van der Waals surface area contributed by atoms with E-state index in [0.29, 0.717) is 6.61 Å². The first-order chi connectivity index (χ1) is 17.4. The first kappa shape index (κ1) is 27.8. The van der Waals surface area contributed by atoms with Crippen LogP contribution in [-0.4, -0.2) is 75.9 Å². The lowest BCUT2D eigenvalue weighted by Gasteiger charge is -2.44. The van der Waals surface area contributed by atoms with Gasteiger partial charge in [-0.25, -0.2) is 4.79 Å². The quantitative estimate of drug-likeness (QED) is 0.527. The SMILES string of the molecule is COC1C2CN(C)CC2[C@@H](CO[Si](c2ccccc2)(c2ccccc2)C(C)(C)C)N1C(=O)OC(C)(C)C. The second-order valence-electron chi connectivity index (χ2n) is 12.6. The maximum atomic E-state index is 13.6. The van der Waals surface area contributed by atoms with Crippen LogP contribution in [0.15, 0.2) is 60.7 Å². The van der Waals surface area contributed by atoms with Crippen molar-refractivity contribution in [3.63, 3.8) is 0 Å². The Morgan fingerprint density at radius 1 is 0.892 bits per heavy atom. The molecule has 0 spiro atoms. The summed E-state index contributed by atoms with van der Waals surface area (Å²) in [5.41, 5.74) is -0.590. The summed E-state index contributed by atoms with van der Waals surface area (Å²) >= 11 is 0. The van der Waals surface area contributed by atoms with Crippen LogP contribution in [-0.2, 0) is 13.9 Å². The molecular weight excluding hydrogens is 480 g/mol. The minimum Gasteiger partial charge on any atom is -0.444 e. The summed E-state index contributed by atoms with van der Waals surface area (Å²) in [6.07, 6.45) is -0.662. The van der Waals surface area contributed by atoms with Crippen LogP contribution in [0, 0.1) is 11.8 Å². The monoisotopic (exact) mass is 524 g/mol. The third-order valence-corrected chi connectivity index (χ3v) is 12.8. The number of methoxy groups -OCH3 is 1. The maximum Gasteiger partial charge on any atom is 0.412 e. The van der Waals surface area contributed by atoms with Gasteiger partial charge in [-0.3, -0.25) is 4.90 Å². The zero-order valence-corrected chi connectivity index (χ0v) is 24.7. The Bertz CT molecular complexity index is 1010. The number of rotatable bonds is 6. The molecule has 0 aromatic heterocycles. The molecule has 2 aromatic rings. The number of ether oxygens (including phenoxy) is 2. The molecule has 2 heterocycles. The zero-order valence-electron chi connectivity index (χ0n) is 23.7. The normalized spacial score (nSPS) is 24.8. The summed E-state index contributed by atoms with van der Waals surface area (Å²) in [5, 5.41) is 2.33. The fourth-order valence-corrected chi connectivity index (χ4v) is 11.0. The van der Waals surface area contributed by atoms with Crippen molar-refractivity contribution >= 4 is 24.8 Å². The van der Waals surface area contributed by atoms with E-state index in [0.717, 1.165) is 13.1 Å². The predicted molar refractivity (Wildman–Crippen MR) is 151 cm³/mol. The number of amides is 1. The van der Waals surface area contributed by atoms with Crippen molar-refractivity contribution < 1.29 is 18.7 Å². The van der Waals surface area contributed by atoms with E-state index < -0.39 is 13.9 Å². The van der Waals surface area contributed by atoms with Gasteiger partial charge in [0.15, 0.2) is 0 Å². The van der Waals surface area contributed by atoms with Gasteiger partial charge in [-0.1, -0.05) is 81.4 Å². The number of hydrogen-bond donors (Lipinski definition) is 0. The Hall–Kier alpha value is -2.19. The van der Waals surface area contributed by atoms with E-state index >= 15 is 0 Å². The van der Waals surface area contributed by atoms with Gasteiger partial charge >= 0.3 is 6.09 Å². The molecule has 2 aliphatic heterocycles. The molecule has 7 heteroatoms. The van der Waals surface area contributed by atoms with Crippen molar-refractivity contribution in [2.45, 2.75) is 64.5 Å². The number of hydrogen-bond acceptors (Lipinski definition) is 5. The number of fused-ring (bicyclic) bond motifs is 1. The van der Waals surface area contributed by atoms with Crippen LogP contribution in [0.5, 0.6) is 0 Å². The minimum absolute atomic E-state index is 0.141. The Labute approximate surface area is 224 Å². The van der Waals surface area contributed by atoms with Crippen molar-refractivity contribution in [2.24, 2.45) is 11.8 Å². The van der Waals surface area contributed by atoms with Crippen molar-refractivity contribution in [1.82, 2.24) is 9.80 Å². The molecule has 0 N–H and O–H groups in total. The molecular formula is C30H44N2O4Si. The lowest BCUT2D eigenvalue weighted by Crippen LogP contribution is -2.67. The zero-order chi connectivity index (χ0) is 27.0. The highest BCUT2D eigenvalue weighted by molar-refractivity contribution is 6.99. The fraction of sp³-hybridized carbons (Fsp3) is 0.567. The van der Waals surface area contributed by atoms with Crippen LogP contribution >= 0.6 is 0 Å². The Balaban J connectivity index is 1.77. The Morgan fingerprint density at radius 3 is 1.86 bits per heavy atom. The molecule has 2 saturated heterocycles. The molecule has 202 valence electrons. The summed E-state index contributed by atoms with van der Waals surface area (Å²) in [6.45, 7) is 14.8. The van der Waals surface area contributed by atoms with E-state index in [-0.39, 0.29) is 35.2 Å². The van der Waals surface area contributed by atoms with Crippen LogP contribution in [0.1, 0.15) is 41.5 Å². The second kappa shape index (κ2) is 10.5. The minimum atomic E-state index is -2.75. The van der Waals surface area contributed by atoms with Gasteiger partial charge in [0.2, 0.25) is 0 Å². The largest absolute Gasteiger partial charge is 0.444 e. The molecule has 4 atom stereocenters. The van der Waals surface area contributed by atoms with E-state index in [1.165, 1.54) is 10.4 Å². The predicted octanol–water partition coefficient (Wildman–Crippen LogP) is 4.33. The first-order valence-corrected chi connectivity index (χ1v) is 15.3. The molecule has 2 fully saturated rings. The molecule has 0 aliphatic carbocycles. The van der Waals surface area contributed by atoms with E-state index in [4.69, 9.17) is 13.9 Å². The highest BCUT2D eigenvalue weighted by Gasteiger charge is 2.57. The van der Waals surface area contributed by atoms with Gasteiger partial charge < -0.3 is 18.8 Å². The van der Waals surface area contributed by atoms with E-state index in [1.807, 2.05) is 25.7 Å². The topological polar surface area (TPSA) is 51.2 Å². The number of carbonyl (C=O) groups excluding carboxylic acids is 1. The van der Waals surface area contributed by atoms with Crippen LogP contribution in [0.25, 0.3) is 0 Å². The lowest BCUT2D eigenvalue weighted by atomic mass is 9.94. The van der Waals surface area contributed by atoms with E-state index in [9.17, 15) is 4.79 Å². The van der Waals surface area contributed by atoms with Crippen molar-refractivity contribution in [3.05, 3.63) is 60.7 Å². The van der Waals surface area contributed by atoms with Gasteiger partial charge in [0, 0.05) is 32.0 Å². The van der Waals surface area contributed by atoms with Crippen LogP contribution in [0.4, 0.5) is 4.79 Å². The Morgan fingerprint density at radius 2 is 1.41 bits per heavy atom. The molecule has 6 nitrogen and oxygen atoms in total. The highest BCUT2D eigenvalue weighted by Crippen LogP contribution is 2.43. The number of benzene rings is 2. The lowest BCUT2D eigenvalue weighted by molar-refractivity contribution is -0.0614. The standard InChI is InChI=1S/C30H44N2O4Si/c1-29(2,3)36-28(33)32-26(24-19-31(7)20-25(24)27(32)34-8)21-35-37(30(4,5)6,22-15-11-9-12-16-22)23-17-13-10-14-18-23/h9-18,24-27H,19-21H2,1-8H3/t24?,25?,26-,27?/m1/s1. The number of likely N-dealkylation sites (tertiary alicyclic amines) is 2. The fourth-order valence-electron chi connectivity index (χ4n) is 6.39. The third kappa shape index (κ3) is 5.37. The number of carbonyl (C=O) groups is 1. The summed E-state index contributed by atoms with van der Waals surface area (Å²) in [7, 11) is 1.08. The molecule has 0 radical (unpaired) electrons. The van der Waals surface area contributed by atoms with Crippen LogP contribution in [0.3, 0.4) is 0 Å². The molecule has 2 aliphatic rings. The van der Waals surface area contributed by atoms with Crippen LogP contribution < -0.4 is 10.4 Å². The van der Waals surface area contributed by atoms with Gasteiger partial charge in [0.1, 0.15) is 11.8 Å². The van der Waals surface area contributed by atoms with Gasteiger partial charge in [-0.2, -0.15) is 0 Å². The molecule has 0 saturated carbocycles. The molecule has 1 amide bonds. The van der Waals surface area contributed by atoms with Crippen molar-refractivity contribution in [1.29, 1.82) is 0 Å². The van der Waals surface area contributed by atoms with Gasteiger partial charge in [0.05, 0.1) is 12.6 Å². The Kier molecular flexibility index (Phi) is 7.91.